The van der Waals surface area contributed by atoms with Crippen molar-refractivity contribution in [1.29, 1.82) is 5.26 Å². The monoisotopic (exact) mass is 266 g/mol. The zero-order valence-electron chi connectivity index (χ0n) is 10.4. The van der Waals surface area contributed by atoms with Gasteiger partial charge in [-0.05, 0) is 25.1 Å². The van der Waals surface area contributed by atoms with Gasteiger partial charge in [-0.1, -0.05) is 18.5 Å². The number of nitrogens with zero attached hydrogens (tertiary/aromatic N) is 1. The van der Waals surface area contributed by atoms with Crippen molar-refractivity contribution in [2.24, 2.45) is 5.92 Å². The Morgan fingerprint density at radius 3 is 2.89 bits per heavy atom. The van der Waals surface area contributed by atoms with Gasteiger partial charge in [0, 0.05) is 6.54 Å². The van der Waals surface area contributed by atoms with Gasteiger partial charge in [-0.3, -0.25) is 4.79 Å². The minimum atomic E-state index is -0.253. The van der Waals surface area contributed by atoms with Crippen LogP contribution in [0.5, 0.6) is 0 Å². The van der Waals surface area contributed by atoms with Gasteiger partial charge in [-0.25, -0.2) is 0 Å². The molecule has 0 bridgehead atoms. The van der Waals surface area contributed by atoms with Crippen molar-refractivity contribution in [2.75, 3.05) is 18.5 Å². The summed E-state index contributed by atoms with van der Waals surface area (Å²) in [5.74, 6) is -0.494. The van der Waals surface area contributed by atoms with Crippen molar-refractivity contribution >= 4 is 23.3 Å². The normalized spacial score (nSPS) is 11.4. The molecular weight excluding hydrogens is 252 g/mol. The zero-order valence-corrected chi connectivity index (χ0v) is 11.1. The predicted octanol–water partition coefficient (Wildman–Crippen LogP) is 2.82. The lowest BCUT2D eigenvalue weighted by molar-refractivity contribution is -0.146. The highest BCUT2D eigenvalue weighted by molar-refractivity contribution is 6.33. The molecule has 0 aliphatic carbocycles. The van der Waals surface area contributed by atoms with Crippen LogP contribution in [-0.2, 0) is 9.53 Å². The summed E-state index contributed by atoms with van der Waals surface area (Å²) in [6.07, 6.45) is 0. The van der Waals surface area contributed by atoms with Gasteiger partial charge >= 0.3 is 5.97 Å². The molecule has 1 atom stereocenters. The Labute approximate surface area is 112 Å². The Kier molecular flexibility index (Phi) is 5.47. The molecule has 0 saturated carbocycles. The quantitative estimate of drug-likeness (QED) is 0.833. The Hall–Kier alpha value is -1.73. The van der Waals surface area contributed by atoms with Crippen molar-refractivity contribution in [1.82, 2.24) is 0 Å². The number of halogens is 1. The SMILES string of the molecule is CCOC(=O)C(C)CNc1ccc(C#N)cc1Cl. The number of esters is 1. The summed E-state index contributed by atoms with van der Waals surface area (Å²) in [4.78, 5) is 11.4. The van der Waals surface area contributed by atoms with Crippen LogP contribution in [-0.4, -0.2) is 19.1 Å². The van der Waals surface area contributed by atoms with Gasteiger partial charge in [0.25, 0.3) is 0 Å². The summed E-state index contributed by atoms with van der Waals surface area (Å²) in [6, 6.07) is 6.98. The molecule has 0 radical (unpaired) electrons. The summed E-state index contributed by atoms with van der Waals surface area (Å²) in [5.41, 5.74) is 1.20. The lowest BCUT2D eigenvalue weighted by Crippen LogP contribution is -2.22. The summed E-state index contributed by atoms with van der Waals surface area (Å²) in [5, 5.41) is 12.2. The van der Waals surface area contributed by atoms with Crippen LogP contribution in [0.25, 0.3) is 0 Å². The van der Waals surface area contributed by atoms with Gasteiger partial charge in [0.15, 0.2) is 0 Å². The zero-order chi connectivity index (χ0) is 13.5. The molecule has 4 nitrogen and oxygen atoms in total. The molecule has 0 aromatic heterocycles. The molecule has 1 rings (SSSR count). The molecular formula is C13H15ClN2O2. The fourth-order valence-electron chi connectivity index (χ4n) is 1.36. The van der Waals surface area contributed by atoms with E-state index in [0.717, 1.165) is 0 Å². The third-order valence-corrected chi connectivity index (χ3v) is 2.70. The third kappa shape index (κ3) is 3.94. The van der Waals surface area contributed by atoms with E-state index in [-0.39, 0.29) is 11.9 Å². The molecule has 0 heterocycles. The average Bonchev–Trinajstić information content (AvgIpc) is 2.37. The molecule has 0 aliphatic heterocycles. The highest BCUT2D eigenvalue weighted by atomic mass is 35.5. The molecule has 0 spiro atoms. The van der Waals surface area contributed by atoms with E-state index in [1.54, 1.807) is 32.0 Å². The lowest BCUT2D eigenvalue weighted by Gasteiger charge is -2.13. The van der Waals surface area contributed by atoms with Crippen molar-refractivity contribution in [3.05, 3.63) is 28.8 Å². The van der Waals surface area contributed by atoms with Crippen molar-refractivity contribution in [2.45, 2.75) is 13.8 Å². The van der Waals surface area contributed by atoms with E-state index >= 15 is 0 Å². The van der Waals surface area contributed by atoms with Crippen molar-refractivity contribution in [3.8, 4) is 6.07 Å². The number of rotatable bonds is 5. The van der Waals surface area contributed by atoms with Crippen LogP contribution >= 0.6 is 11.6 Å². The van der Waals surface area contributed by atoms with Gasteiger partial charge in [0.1, 0.15) is 0 Å². The van der Waals surface area contributed by atoms with Crippen LogP contribution < -0.4 is 5.32 Å². The molecule has 0 saturated heterocycles. The summed E-state index contributed by atoms with van der Waals surface area (Å²) < 4.78 is 4.90. The number of carbonyl (C=O) groups is 1. The van der Waals surface area contributed by atoms with Gasteiger partial charge in [0.2, 0.25) is 0 Å². The fourth-order valence-corrected chi connectivity index (χ4v) is 1.61. The van der Waals surface area contributed by atoms with E-state index in [1.807, 2.05) is 6.07 Å². The fraction of sp³-hybridized carbons (Fsp3) is 0.385. The summed E-state index contributed by atoms with van der Waals surface area (Å²) in [6.45, 7) is 4.36. The van der Waals surface area contributed by atoms with Crippen LogP contribution in [0.2, 0.25) is 5.02 Å². The number of anilines is 1. The number of benzene rings is 1. The second kappa shape index (κ2) is 6.87. The van der Waals surface area contributed by atoms with Crippen LogP contribution in [0.4, 0.5) is 5.69 Å². The van der Waals surface area contributed by atoms with E-state index in [4.69, 9.17) is 21.6 Å². The molecule has 0 amide bonds. The number of nitrogens with one attached hydrogen (secondary N) is 1. The van der Waals surface area contributed by atoms with Crippen LogP contribution in [0.15, 0.2) is 18.2 Å². The van der Waals surface area contributed by atoms with Crippen LogP contribution in [0, 0.1) is 17.2 Å². The Bertz CT molecular complexity index is 469. The highest BCUT2D eigenvalue weighted by Gasteiger charge is 2.14. The molecule has 5 heteroatoms. The van der Waals surface area contributed by atoms with E-state index in [0.29, 0.717) is 29.4 Å². The van der Waals surface area contributed by atoms with Crippen LogP contribution in [0.3, 0.4) is 0 Å². The summed E-state index contributed by atoms with van der Waals surface area (Å²) in [7, 11) is 0. The van der Waals surface area contributed by atoms with Gasteiger partial charge in [-0.15, -0.1) is 0 Å². The van der Waals surface area contributed by atoms with Crippen LogP contribution in [0.1, 0.15) is 19.4 Å². The highest BCUT2D eigenvalue weighted by Crippen LogP contribution is 2.23. The topological polar surface area (TPSA) is 62.1 Å². The minimum Gasteiger partial charge on any atom is -0.466 e. The van der Waals surface area contributed by atoms with E-state index in [2.05, 4.69) is 5.32 Å². The largest absolute Gasteiger partial charge is 0.466 e. The summed E-state index contributed by atoms with van der Waals surface area (Å²) >= 11 is 6.00. The number of hydrogen-bond acceptors (Lipinski definition) is 4. The first-order valence-electron chi connectivity index (χ1n) is 5.68. The Morgan fingerprint density at radius 2 is 2.33 bits per heavy atom. The first kappa shape index (κ1) is 14.3. The number of hydrogen-bond donors (Lipinski definition) is 1. The Balaban J connectivity index is 2.59. The first-order chi connectivity index (χ1) is 8.58. The van der Waals surface area contributed by atoms with E-state index in [9.17, 15) is 4.79 Å². The molecule has 18 heavy (non-hydrogen) atoms. The predicted molar refractivity (Wildman–Crippen MR) is 70.5 cm³/mol. The smallest absolute Gasteiger partial charge is 0.310 e. The molecule has 1 N–H and O–H groups in total. The third-order valence-electron chi connectivity index (χ3n) is 2.39. The number of carbonyl (C=O) groups excluding carboxylic acids is 1. The lowest BCUT2D eigenvalue weighted by atomic mass is 10.1. The molecule has 1 aromatic rings. The molecule has 1 unspecified atom stereocenters. The van der Waals surface area contributed by atoms with E-state index in [1.165, 1.54) is 0 Å². The second-order valence-corrected chi connectivity index (χ2v) is 4.25. The van der Waals surface area contributed by atoms with Gasteiger partial charge < -0.3 is 10.1 Å². The maximum Gasteiger partial charge on any atom is 0.310 e. The average molecular weight is 267 g/mol. The Morgan fingerprint density at radius 1 is 1.61 bits per heavy atom. The molecule has 96 valence electrons. The molecule has 1 aromatic carbocycles. The molecule has 0 aliphatic rings. The maximum atomic E-state index is 11.4. The minimum absolute atomic E-state index is 0.241. The standard InChI is InChI=1S/C13H15ClN2O2/c1-3-18-13(17)9(2)8-16-12-5-4-10(7-15)6-11(12)14/h4-6,9,16H,3,8H2,1-2H3. The van der Waals surface area contributed by atoms with Gasteiger partial charge in [0.05, 0.1) is 34.9 Å². The number of ether oxygens (including phenoxy) is 1. The second-order valence-electron chi connectivity index (χ2n) is 3.84. The van der Waals surface area contributed by atoms with Gasteiger partial charge in [-0.2, -0.15) is 5.26 Å². The molecule has 0 fully saturated rings. The van der Waals surface area contributed by atoms with E-state index < -0.39 is 0 Å². The van der Waals surface area contributed by atoms with Crippen molar-refractivity contribution in [3.63, 3.8) is 0 Å². The number of nitriles is 1. The first-order valence-corrected chi connectivity index (χ1v) is 6.06. The maximum absolute atomic E-state index is 11.4. The van der Waals surface area contributed by atoms with Crippen molar-refractivity contribution < 1.29 is 9.53 Å².